The molecular weight excluding hydrogens is 356 g/mol. The minimum absolute atomic E-state index is 0.288. The fourth-order valence-corrected chi connectivity index (χ4v) is 2.47. The fourth-order valence-electron chi connectivity index (χ4n) is 2.31. The SMILES string of the molecule is CN(N=Cc1ccc(-c2cccc(CCl)c2)o1)c1cc(=O)n(C)c(=O)[nH]1. The van der Waals surface area contributed by atoms with Gasteiger partial charge in [0.25, 0.3) is 5.56 Å². The van der Waals surface area contributed by atoms with Crippen molar-refractivity contribution in [3.63, 3.8) is 0 Å². The third-order valence-electron chi connectivity index (χ3n) is 3.83. The van der Waals surface area contributed by atoms with Gasteiger partial charge < -0.3 is 4.42 Å². The second kappa shape index (κ2) is 7.45. The van der Waals surface area contributed by atoms with Crippen LogP contribution in [0.1, 0.15) is 11.3 Å². The molecule has 0 saturated heterocycles. The van der Waals surface area contributed by atoms with E-state index in [-0.39, 0.29) is 5.82 Å². The average Bonchev–Trinajstić information content (AvgIpc) is 3.13. The predicted molar refractivity (Wildman–Crippen MR) is 102 cm³/mol. The molecule has 0 spiro atoms. The number of anilines is 1. The largest absolute Gasteiger partial charge is 0.455 e. The number of benzene rings is 1. The number of H-pyrrole nitrogens is 1. The first-order chi connectivity index (χ1) is 12.5. The zero-order valence-corrected chi connectivity index (χ0v) is 15.0. The van der Waals surface area contributed by atoms with Crippen LogP contribution in [-0.2, 0) is 12.9 Å². The molecule has 0 unspecified atom stereocenters. The molecule has 134 valence electrons. The van der Waals surface area contributed by atoms with Crippen LogP contribution in [0.4, 0.5) is 5.82 Å². The minimum Gasteiger partial charge on any atom is -0.455 e. The van der Waals surface area contributed by atoms with Crippen molar-refractivity contribution < 1.29 is 4.42 Å². The quantitative estimate of drug-likeness (QED) is 0.424. The number of hydrazone groups is 1. The maximum atomic E-state index is 11.7. The molecule has 2 heterocycles. The van der Waals surface area contributed by atoms with Gasteiger partial charge >= 0.3 is 5.69 Å². The van der Waals surface area contributed by atoms with Gasteiger partial charge in [-0.2, -0.15) is 5.10 Å². The van der Waals surface area contributed by atoms with Crippen LogP contribution in [0.3, 0.4) is 0 Å². The zero-order valence-electron chi connectivity index (χ0n) is 14.3. The van der Waals surface area contributed by atoms with E-state index < -0.39 is 11.2 Å². The van der Waals surface area contributed by atoms with Crippen molar-refractivity contribution in [2.75, 3.05) is 12.1 Å². The zero-order chi connectivity index (χ0) is 18.7. The Labute approximate surface area is 154 Å². The van der Waals surface area contributed by atoms with Crippen molar-refractivity contribution in [3.05, 3.63) is 74.6 Å². The van der Waals surface area contributed by atoms with Crippen molar-refractivity contribution in [3.8, 4) is 11.3 Å². The lowest BCUT2D eigenvalue weighted by Gasteiger charge is -2.11. The standard InChI is InChI=1S/C18H17ClN4O3/c1-22-17(24)9-16(21-18(22)25)23(2)20-11-14-6-7-15(26-14)13-5-3-4-12(8-13)10-19/h3-9,11H,10H2,1-2H3,(H,21,25). The fraction of sp³-hybridized carbons (Fsp3) is 0.167. The molecule has 0 atom stereocenters. The van der Waals surface area contributed by atoms with E-state index in [1.54, 1.807) is 13.1 Å². The molecule has 0 aliphatic heterocycles. The first-order valence-corrected chi connectivity index (χ1v) is 8.34. The molecule has 0 aliphatic carbocycles. The van der Waals surface area contributed by atoms with Crippen molar-refractivity contribution >= 4 is 23.6 Å². The van der Waals surface area contributed by atoms with Crippen LogP contribution in [-0.4, -0.2) is 22.8 Å². The van der Waals surface area contributed by atoms with Gasteiger partial charge in [0.2, 0.25) is 0 Å². The lowest BCUT2D eigenvalue weighted by atomic mass is 10.1. The highest BCUT2D eigenvalue weighted by atomic mass is 35.5. The Balaban J connectivity index is 1.80. The molecule has 1 aromatic carbocycles. The van der Waals surface area contributed by atoms with E-state index in [1.807, 2.05) is 30.3 Å². The van der Waals surface area contributed by atoms with E-state index in [0.29, 0.717) is 17.4 Å². The topological polar surface area (TPSA) is 83.6 Å². The number of alkyl halides is 1. The Kier molecular flexibility index (Phi) is 5.09. The molecule has 7 nitrogen and oxygen atoms in total. The molecule has 0 fully saturated rings. The summed E-state index contributed by atoms with van der Waals surface area (Å²) in [6, 6.07) is 12.7. The summed E-state index contributed by atoms with van der Waals surface area (Å²) in [5.74, 6) is 1.95. The Morgan fingerprint density at radius 2 is 2.08 bits per heavy atom. The van der Waals surface area contributed by atoms with Crippen LogP contribution < -0.4 is 16.3 Å². The summed E-state index contributed by atoms with van der Waals surface area (Å²) in [5, 5.41) is 5.58. The van der Waals surface area contributed by atoms with Crippen LogP contribution in [0, 0.1) is 0 Å². The van der Waals surface area contributed by atoms with Gasteiger partial charge in [-0.05, 0) is 23.8 Å². The normalized spacial score (nSPS) is 11.2. The Bertz CT molecular complexity index is 1030. The Morgan fingerprint density at radius 3 is 2.81 bits per heavy atom. The van der Waals surface area contributed by atoms with Gasteiger partial charge in [-0.1, -0.05) is 18.2 Å². The number of rotatable bonds is 5. The number of halogens is 1. The van der Waals surface area contributed by atoms with Gasteiger partial charge in [0.05, 0.1) is 6.21 Å². The first kappa shape index (κ1) is 17.8. The van der Waals surface area contributed by atoms with Crippen LogP contribution in [0.15, 0.2) is 61.6 Å². The first-order valence-electron chi connectivity index (χ1n) is 7.81. The molecule has 26 heavy (non-hydrogen) atoms. The number of hydrogen-bond donors (Lipinski definition) is 1. The van der Waals surface area contributed by atoms with Crippen molar-refractivity contribution in [1.29, 1.82) is 0 Å². The number of aromatic amines is 1. The van der Waals surface area contributed by atoms with Crippen molar-refractivity contribution in [1.82, 2.24) is 9.55 Å². The monoisotopic (exact) mass is 372 g/mol. The Hall–Kier alpha value is -3.06. The number of furan rings is 1. The highest BCUT2D eigenvalue weighted by Crippen LogP contribution is 2.23. The molecule has 2 aromatic heterocycles. The van der Waals surface area contributed by atoms with Gasteiger partial charge in [-0.3, -0.25) is 19.4 Å². The summed E-state index contributed by atoms with van der Waals surface area (Å²) in [5.41, 5.74) is 1.01. The minimum atomic E-state index is -0.506. The maximum absolute atomic E-state index is 11.7. The van der Waals surface area contributed by atoms with Gasteiger partial charge in [0, 0.05) is 31.6 Å². The Morgan fingerprint density at radius 1 is 1.27 bits per heavy atom. The average molecular weight is 373 g/mol. The molecular formula is C18H17ClN4O3. The van der Waals surface area contributed by atoms with E-state index in [4.69, 9.17) is 16.0 Å². The van der Waals surface area contributed by atoms with Gasteiger partial charge in [-0.25, -0.2) is 4.79 Å². The number of nitrogens with zero attached hydrogens (tertiary/aromatic N) is 3. The number of hydrogen-bond acceptors (Lipinski definition) is 5. The van der Waals surface area contributed by atoms with Crippen LogP contribution in [0.2, 0.25) is 0 Å². The van der Waals surface area contributed by atoms with Gasteiger partial charge in [-0.15, -0.1) is 11.6 Å². The van der Waals surface area contributed by atoms with E-state index in [2.05, 4.69) is 10.1 Å². The second-order valence-corrected chi connectivity index (χ2v) is 5.93. The smallest absolute Gasteiger partial charge is 0.329 e. The van der Waals surface area contributed by atoms with Crippen molar-refractivity contribution in [2.24, 2.45) is 12.1 Å². The summed E-state index contributed by atoms with van der Waals surface area (Å²) in [6.07, 6.45) is 1.50. The molecule has 0 radical (unpaired) electrons. The van der Waals surface area contributed by atoms with Crippen molar-refractivity contribution in [2.45, 2.75) is 5.88 Å². The van der Waals surface area contributed by atoms with E-state index in [9.17, 15) is 9.59 Å². The lowest BCUT2D eigenvalue weighted by Crippen LogP contribution is -2.33. The summed E-state index contributed by atoms with van der Waals surface area (Å²) >= 11 is 5.86. The molecule has 1 N–H and O–H groups in total. The molecule has 3 rings (SSSR count). The second-order valence-electron chi connectivity index (χ2n) is 5.66. The van der Waals surface area contributed by atoms with Gasteiger partial charge in [0.15, 0.2) is 0 Å². The molecule has 8 heteroatoms. The summed E-state index contributed by atoms with van der Waals surface area (Å²) in [6.45, 7) is 0. The summed E-state index contributed by atoms with van der Waals surface area (Å²) in [7, 11) is 3.02. The maximum Gasteiger partial charge on any atom is 0.329 e. The van der Waals surface area contributed by atoms with Crippen LogP contribution >= 0.6 is 11.6 Å². The predicted octanol–water partition coefficient (Wildman–Crippen LogP) is 2.54. The molecule has 0 saturated carbocycles. The molecule has 0 aliphatic rings. The van der Waals surface area contributed by atoms with E-state index in [1.165, 1.54) is 24.3 Å². The molecule has 0 bridgehead atoms. The highest BCUT2D eigenvalue weighted by Gasteiger charge is 2.06. The molecule has 3 aromatic rings. The third kappa shape index (κ3) is 3.78. The number of nitrogens with one attached hydrogen (secondary N) is 1. The van der Waals surface area contributed by atoms with E-state index in [0.717, 1.165) is 15.7 Å². The van der Waals surface area contributed by atoms with Gasteiger partial charge in [0.1, 0.15) is 17.3 Å². The van der Waals surface area contributed by atoms with Crippen LogP contribution in [0.5, 0.6) is 0 Å². The lowest BCUT2D eigenvalue weighted by molar-refractivity contribution is 0.574. The summed E-state index contributed by atoms with van der Waals surface area (Å²) < 4.78 is 6.75. The molecule has 0 amide bonds. The summed E-state index contributed by atoms with van der Waals surface area (Å²) in [4.78, 5) is 25.9. The highest BCUT2D eigenvalue weighted by molar-refractivity contribution is 6.17. The third-order valence-corrected chi connectivity index (χ3v) is 4.14. The van der Waals surface area contributed by atoms with Crippen LogP contribution in [0.25, 0.3) is 11.3 Å². The number of aromatic nitrogens is 2. The van der Waals surface area contributed by atoms with E-state index >= 15 is 0 Å².